The van der Waals surface area contributed by atoms with Crippen molar-refractivity contribution in [2.75, 3.05) is 6.54 Å². The number of hydrogen-bond donors (Lipinski definition) is 1. The molecule has 4 nitrogen and oxygen atoms in total. The first kappa shape index (κ1) is 13.9. The molecule has 0 spiro atoms. The number of aromatic amines is 1. The highest BCUT2D eigenvalue weighted by Crippen LogP contribution is 2.41. The molecule has 1 unspecified atom stereocenters. The van der Waals surface area contributed by atoms with Crippen molar-refractivity contribution in [3.63, 3.8) is 0 Å². The van der Waals surface area contributed by atoms with Crippen molar-refractivity contribution >= 4 is 26.8 Å². The van der Waals surface area contributed by atoms with Gasteiger partial charge >= 0.3 is 4.83 Å². The predicted octanol–water partition coefficient (Wildman–Crippen LogP) is 3.82. The van der Waals surface area contributed by atoms with Crippen LogP contribution in [0.2, 0.25) is 0 Å². The molecule has 0 bridgehead atoms. The van der Waals surface area contributed by atoms with Crippen LogP contribution in [0.5, 0.6) is 0 Å². The van der Waals surface area contributed by atoms with Crippen LogP contribution in [-0.4, -0.2) is 21.3 Å². The van der Waals surface area contributed by atoms with Gasteiger partial charge in [-0.05, 0) is 40.0 Å². The fourth-order valence-corrected chi connectivity index (χ4v) is 2.47. The Morgan fingerprint density at radius 1 is 1.53 bits per heavy atom. The molecule has 0 radical (unpaired) electrons. The van der Waals surface area contributed by atoms with Gasteiger partial charge in [0.05, 0.1) is 0 Å². The van der Waals surface area contributed by atoms with Crippen LogP contribution in [0.15, 0.2) is 24.4 Å². The van der Waals surface area contributed by atoms with Gasteiger partial charge in [0.15, 0.2) is 0 Å². The van der Waals surface area contributed by atoms with Gasteiger partial charge in [0.1, 0.15) is 5.92 Å². The molecule has 1 aromatic heterocycles. The molecule has 0 amide bonds. The summed E-state index contributed by atoms with van der Waals surface area (Å²) in [4.78, 5) is 9.40. The molecule has 0 aliphatic rings. The maximum absolute atomic E-state index is 13.5. The maximum atomic E-state index is 13.5. The Balaban J connectivity index is 2.53. The molecule has 0 saturated carbocycles. The van der Waals surface area contributed by atoms with E-state index in [0.29, 0.717) is 10.9 Å². The number of aryl methyl sites for hydroxylation is 1. The first-order valence-electron chi connectivity index (χ1n) is 5.55. The molecule has 2 aromatic rings. The van der Waals surface area contributed by atoms with Crippen molar-refractivity contribution < 1.29 is 13.7 Å². The lowest BCUT2D eigenvalue weighted by molar-refractivity contribution is -0.486. The van der Waals surface area contributed by atoms with Crippen molar-refractivity contribution in [3.8, 4) is 0 Å². The molecular weight excluding hydrogens is 322 g/mol. The third-order valence-corrected chi connectivity index (χ3v) is 3.52. The molecule has 0 fully saturated rings. The number of benzene rings is 1. The van der Waals surface area contributed by atoms with Gasteiger partial charge in [0.2, 0.25) is 6.54 Å². The summed E-state index contributed by atoms with van der Waals surface area (Å²) in [5.74, 6) is -1.51. The van der Waals surface area contributed by atoms with E-state index in [1.807, 2.05) is 13.0 Å². The number of H-pyrrole nitrogens is 1. The summed E-state index contributed by atoms with van der Waals surface area (Å²) in [7, 11) is 0. The summed E-state index contributed by atoms with van der Waals surface area (Å²) in [6.07, 6.45) is 1.41. The Hall–Kier alpha value is -1.50. The van der Waals surface area contributed by atoms with Crippen LogP contribution in [0, 0.1) is 17.0 Å². The minimum Gasteiger partial charge on any atom is -0.361 e. The lowest BCUT2D eigenvalue weighted by Crippen LogP contribution is -2.26. The number of halogens is 3. The number of alkyl halides is 3. The molecule has 1 atom stereocenters. The van der Waals surface area contributed by atoms with Gasteiger partial charge in [-0.25, -0.2) is 0 Å². The number of hydrogen-bond acceptors (Lipinski definition) is 2. The van der Waals surface area contributed by atoms with Crippen molar-refractivity contribution in [2.24, 2.45) is 0 Å². The van der Waals surface area contributed by atoms with Crippen molar-refractivity contribution in [1.29, 1.82) is 0 Å². The number of rotatable bonds is 4. The number of nitrogens with one attached hydrogen (secondary N) is 1. The summed E-state index contributed by atoms with van der Waals surface area (Å²) in [6, 6.07) is 5.30. The SMILES string of the molecule is Cc1ccc2c(C(C[N+](=O)[O-])C(F)(F)Br)c[nH]c2c1. The first-order chi connectivity index (χ1) is 8.79. The largest absolute Gasteiger partial charge is 0.361 e. The molecular formula is C12H11BrF2N2O2. The van der Waals surface area contributed by atoms with Crippen LogP contribution in [-0.2, 0) is 0 Å². The molecule has 102 valence electrons. The average molecular weight is 333 g/mol. The highest BCUT2D eigenvalue weighted by molar-refractivity contribution is 9.10. The van der Waals surface area contributed by atoms with Gasteiger partial charge in [0, 0.05) is 22.0 Å². The Kier molecular flexibility index (Phi) is 3.58. The summed E-state index contributed by atoms with van der Waals surface area (Å²) < 4.78 is 27.0. The van der Waals surface area contributed by atoms with Crippen molar-refractivity contribution in [2.45, 2.75) is 17.7 Å². The Morgan fingerprint density at radius 2 is 2.21 bits per heavy atom. The van der Waals surface area contributed by atoms with E-state index in [4.69, 9.17) is 0 Å². The second-order valence-corrected chi connectivity index (χ2v) is 5.46. The van der Waals surface area contributed by atoms with E-state index >= 15 is 0 Å². The van der Waals surface area contributed by atoms with Crippen molar-refractivity contribution in [3.05, 3.63) is 45.6 Å². The summed E-state index contributed by atoms with van der Waals surface area (Å²) >= 11 is 2.24. The van der Waals surface area contributed by atoms with E-state index in [1.165, 1.54) is 6.20 Å². The van der Waals surface area contributed by atoms with Crippen LogP contribution in [0.3, 0.4) is 0 Å². The normalized spacial score (nSPS) is 13.7. The first-order valence-corrected chi connectivity index (χ1v) is 6.34. The zero-order chi connectivity index (χ0) is 14.2. The second-order valence-electron chi connectivity index (χ2n) is 4.40. The summed E-state index contributed by atoms with van der Waals surface area (Å²) in [5, 5.41) is 11.2. The van der Waals surface area contributed by atoms with Crippen LogP contribution < -0.4 is 0 Å². The van der Waals surface area contributed by atoms with Gasteiger partial charge < -0.3 is 4.98 Å². The van der Waals surface area contributed by atoms with E-state index in [1.54, 1.807) is 12.1 Å². The van der Waals surface area contributed by atoms with E-state index < -0.39 is 22.2 Å². The van der Waals surface area contributed by atoms with Gasteiger partial charge in [-0.1, -0.05) is 12.1 Å². The predicted molar refractivity (Wildman–Crippen MR) is 71.5 cm³/mol. The average Bonchev–Trinajstić information content (AvgIpc) is 2.66. The molecule has 7 heteroatoms. The summed E-state index contributed by atoms with van der Waals surface area (Å²) in [5.41, 5.74) is 1.92. The Morgan fingerprint density at radius 3 is 2.79 bits per heavy atom. The van der Waals surface area contributed by atoms with Crippen LogP contribution >= 0.6 is 15.9 Å². The minimum absolute atomic E-state index is 0.244. The van der Waals surface area contributed by atoms with Gasteiger partial charge in [-0.3, -0.25) is 10.1 Å². The molecule has 0 aliphatic carbocycles. The number of nitro groups is 1. The van der Waals surface area contributed by atoms with Gasteiger partial charge in [0.25, 0.3) is 0 Å². The van der Waals surface area contributed by atoms with Crippen LogP contribution in [0.1, 0.15) is 17.0 Å². The van der Waals surface area contributed by atoms with E-state index in [9.17, 15) is 18.9 Å². The number of aromatic nitrogens is 1. The molecule has 19 heavy (non-hydrogen) atoms. The Labute approximate surface area is 116 Å². The quantitative estimate of drug-likeness (QED) is 0.525. The smallest absolute Gasteiger partial charge is 0.314 e. The van der Waals surface area contributed by atoms with E-state index in [-0.39, 0.29) is 5.56 Å². The third kappa shape index (κ3) is 2.91. The zero-order valence-corrected chi connectivity index (χ0v) is 11.6. The fourth-order valence-electron chi connectivity index (χ4n) is 2.08. The molecule has 0 aliphatic heterocycles. The fraction of sp³-hybridized carbons (Fsp3) is 0.333. The standard InChI is InChI=1S/C12H11BrF2N2O2/c1-7-2-3-8-9(5-16-11(8)4-7)10(6-17(18)19)12(13,14)15/h2-5,10,16H,6H2,1H3. The maximum Gasteiger partial charge on any atom is 0.314 e. The lowest BCUT2D eigenvalue weighted by atomic mass is 9.98. The summed E-state index contributed by atoms with van der Waals surface area (Å²) in [6.45, 7) is 1.05. The molecule has 0 saturated heterocycles. The molecule has 1 heterocycles. The number of nitrogens with zero attached hydrogens (tertiary/aromatic N) is 1. The monoisotopic (exact) mass is 332 g/mol. The van der Waals surface area contributed by atoms with E-state index in [0.717, 1.165) is 5.56 Å². The van der Waals surface area contributed by atoms with Crippen LogP contribution in [0.4, 0.5) is 8.78 Å². The van der Waals surface area contributed by atoms with Gasteiger partial charge in [-0.2, -0.15) is 8.78 Å². The topological polar surface area (TPSA) is 58.9 Å². The van der Waals surface area contributed by atoms with Gasteiger partial charge in [-0.15, -0.1) is 0 Å². The Bertz CT molecular complexity index is 622. The minimum atomic E-state index is -3.33. The lowest BCUT2D eigenvalue weighted by Gasteiger charge is -2.17. The second kappa shape index (κ2) is 4.88. The third-order valence-electron chi connectivity index (χ3n) is 2.97. The zero-order valence-electron chi connectivity index (χ0n) is 9.99. The van der Waals surface area contributed by atoms with Crippen LogP contribution in [0.25, 0.3) is 10.9 Å². The molecule has 2 rings (SSSR count). The highest BCUT2D eigenvalue weighted by atomic mass is 79.9. The molecule has 1 aromatic carbocycles. The highest BCUT2D eigenvalue weighted by Gasteiger charge is 2.42. The molecule has 1 N–H and O–H groups in total. The number of fused-ring (bicyclic) bond motifs is 1. The van der Waals surface area contributed by atoms with E-state index in [2.05, 4.69) is 20.9 Å². The van der Waals surface area contributed by atoms with Crippen molar-refractivity contribution in [1.82, 2.24) is 4.98 Å².